The molecule has 14 heavy (non-hydrogen) atoms. The second kappa shape index (κ2) is 4.09. The van der Waals surface area contributed by atoms with Crippen molar-refractivity contribution in [1.82, 2.24) is 0 Å². The molecule has 1 rings (SSSR count). The molecule has 0 saturated heterocycles. The smallest absolute Gasteiger partial charge is 0.344 e. The number of methoxy groups -OCH3 is 2. The van der Waals surface area contributed by atoms with E-state index in [9.17, 15) is 9.18 Å². The standard InChI is InChI=1S/C10H11FO3/c1-6-4-5-7(13-2)8(9(6)11)10(12)14-3/h4-5H,1-3H3. The van der Waals surface area contributed by atoms with E-state index in [1.165, 1.54) is 20.3 Å². The van der Waals surface area contributed by atoms with Crippen molar-refractivity contribution in [3.05, 3.63) is 29.1 Å². The number of esters is 1. The molecule has 1 aromatic rings. The summed E-state index contributed by atoms with van der Waals surface area (Å²) >= 11 is 0. The van der Waals surface area contributed by atoms with Gasteiger partial charge in [0.05, 0.1) is 14.2 Å². The third-order valence-corrected chi connectivity index (χ3v) is 1.91. The van der Waals surface area contributed by atoms with Crippen molar-refractivity contribution in [2.24, 2.45) is 0 Å². The Balaban J connectivity index is 3.35. The molecule has 0 unspecified atom stereocenters. The first-order chi connectivity index (χ1) is 6.61. The Hall–Kier alpha value is -1.58. The second-order valence-electron chi connectivity index (χ2n) is 2.77. The fraction of sp³-hybridized carbons (Fsp3) is 0.300. The molecule has 0 aromatic heterocycles. The fourth-order valence-corrected chi connectivity index (χ4v) is 1.12. The minimum absolute atomic E-state index is 0.157. The molecule has 0 fully saturated rings. The third-order valence-electron chi connectivity index (χ3n) is 1.91. The maximum Gasteiger partial charge on any atom is 0.344 e. The molecule has 0 radical (unpaired) electrons. The van der Waals surface area contributed by atoms with Gasteiger partial charge >= 0.3 is 5.97 Å². The topological polar surface area (TPSA) is 35.5 Å². The number of carbonyl (C=O) groups excluding carboxylic acids is 1. The summed E-state index contributed by atoms with van der Waals surface area (Å²) in [5.74, 6) is -1.15. The number of aryl methyl sites for hydroxylation is 1. The summed E-state index contributed by atoms with van der Waals surface area (Å²) in [6, 6.07) is 3.07. The van der Waals surface area contributed by atoms with Crippen LogP contribution in [0.1, 0.15) is 15.9 Å². The highest BCUT2D eigenvalue weighted by molar-refractivity contribution is 5.93. The third kappa shape index (κ3) is 1.69. The first kappa shape index (κ1) is 10.5. The lowest BCUT2D eigenvalue weighted by Gasteiger charge is -2.08. The van der Waals surface area contributed by atoms with Crippen molar-refractivity contribution in [3.63, 3.8) is 0 Å². The van der Waals surface area contributed by atoms with Gasteiger partial charge in [-0.05, 0) is 18.6 Å². The molecule has 0 N–H and O–H groups in total. The first-order valence-electron chi connectivity index (χ1n) is 4.03. The van der Waals surface area contributed by atoms with Gasteiger partial charge in [-0.2, -0.15) is 0 Å². The molecule has 0 atom stereocenters. The van der Waals surface area contributed by atoms with Gasteiger partial charge in [0.25, 0.3) is 0 Å². The summed E-state index contributed by atoms with van der Waals surface area (Å²) in [6.45, 7) is 1.57. The fourth-order valence-electron chi connectivity index (χ4n) is 1.12. The molecule has 0 heterocycles. The zero-order valence-corrected chi connectivity index (χ0v) is 8.26. The summed E-state index contributed by atoms with van der Waals surface area (Å²) in [7, 11) is 2.57. The van der Waals surface area contributed by atoms with Crippen molar-refractivity contribution in [2.75, 3.05) is 14.2 Å². The average Bonchev–Trinajstić information content (AvgIpc) is 2.20. The molecule has 0 aliphatic carbocycles. The van der Waals surface area contributed by atoms with Gasteiger partial charge in [0.1, 0.15) is 17.1 Å². The Morgan fingerprint density at radius 2 is 2.00 bits per heavy atom. The number of benzene rings is 1. The van der Waals surface area contributed by atoms with Crippen LogP contribution in [0, 0.1) is 12.7 Å². The zero-order chi connectivity index (χ0) is 10.7. The van der Waals surface area contributed by atoms with E-state index in [0.29, 0.717) is 5.56 Å². The normalized spacial score (nSPS) is 9.71. The monoisotopic (exact) mass is 198 g/mol. The predicted molar refractivity (Wildman–Crippen MR) is 49.0 cm³/mol. The molecule has 0 spiro atoms. The van der Waals surface area contributed by atoms with E-state index in [1.807, 2.05) is 0 Å². The highest BCUT2D eigenvalue weighted by Gasteiger charge is 2.19. The van der Waals surface area contributed by atoms with Crippen molar-refractivity contribution >= 4 is 5.97 Å². The molecule has 76 valence electrons. The van der Waals surface area contributed by atoms with Crippen LogP contribution in [0.4, 0.5) is 4.39 Å². The highest BCUT2D eigenvalue weighted by atomic mass is 19.1. The van der Waals surface area contributed by atoms with Gasteiger partial charge < -0.3 is 9.47 Å². The number of hydrogen-bond acceptors (Lipinski definition) is 3. The van der Waals surface area contributed by atoms with Gasteiger partial charge in [0.2, 0.25) is 0 Å². The average molecular weight is 198 g/mol. The van der Waals surface area contributed by atoms with E-state index in [2.05, 4.69) is 4.74 Å². The van der Waals surface area contributed by atoms with Crippen LogP contribution in [0.3, 0.4) is 0 Å². The van der Waals surface area contributed by atoms with Gasteiger partial charge in [-0.3, -0.25) is 0 Å². The Labute approximate surface area is 81.4 Å². The van der Waals surface area contributed by atoms with E-state index >= 15 is 0 Å². The molecular formula is C10H11FO3. The van der Waals surface area contributed by atoms with Crippen LogP contribution in [0.15, 0.2) is 12.1 Å². The predicted octanol–water partition coefficient (Wildman–Crippen LogP) is 1.93. The van der Waals surface area contributed by atoms with Gasteiger partial charge in [-0.1, -0.05) is 6.07 Å². The molecule has 0 saturated carbocycles. The van der Waals surface area contributed by atoms with Gasteiger partial charge in [-0.15, -0.1) is 0 Å². The number of ether oxygens (including phenoxy) is 2. The minimum atomic E-state index is -0.733. The van der Waals surface area contributed by atoms with Crippen molar-refractivity contribution in [3.8, 4) is 5.75 Å². The van der Waals surface area contributed by atoms with E-state index in [-0.39, 0.29) is 11.3 Å². The maximum absolute atomic E-state index is 13.5. The van der Waals surface area contributed by atoms with Crippen LogP contribution in [-0.2, 0) is 4.74 Å². The molecule has 0 bridgehead atoms. The number of carbonyl (C=O) groups is 1. The zero-order valence-electron chi connectivity index (χ0n) is 8.26. The summed E-state index contributed by atoms with van der Waals surface area (Å²) in [6.07, 6.45) is 0. The van der Waals surface area contributed by atoms with Gasteiger partial charge in [0, 0.05) is 0 Å². The highest BCUT2D eigenvalue weighted by Crippen LogP contribution is 2.24. The Bertz CT molecular complexity index is 361. The first-order valence-corrected chi connectivity index (χ1v) is 4.03. The molecule has 3 nitrogen and oxygen atoms in total. The second-order valence-corrected chi connectivity index (χ2v) is 2.77. The summed E-state index contributed by atoms with van der Waals surface area (Å²) in [4.78, 5) is 11.2. The molecule has 0 aliphatic heterocycles. The van der Waals surface area contributed by atoms with Crippen LogP contribution in [0.5, 0.6) is 5.75 Å². The maximum atomic E-state index is 13.5. The van der Waals surface area contributed by atoms with E-state index < -0.39 is 11.8 Å². The Morgan fingerprint density at radius 1 is 1.36 bits per heavy atom. The van der Waals surface area contributed by atoms with Crippen LogP contribution in [-0.4, -0.2) is 20.2 Å². The lowest BCUT2D eigenvalue weighted by molar-refractivity contribution is 0.0591. The molecular weight excluding hydrogens is 187 g/mol. The quantitative estimate of drug-likeness (QED) is 0.681. The Morgan fingerprint density at radius 3 is 2.50 bits per heavy atom. The summed E-state index contributed by atoms with van der Waals surface area (Å²) < 4.78 is 22.8. The van der Waals surface area contributed by atoms with Gasteiger partial charge in [-0.25, -0.2) is 9.18 Å². The minimum Gasteiger partial charge on any atom is -0.496 e. The van der Waals surface area contributed by atoms with Crippen molar-refractivity contribution in [2.45, 2.75) is 6.92 Å². The molecule has 1 aromatic carbocycles. The largest absolute Gasteiger partial charge is 0.496 e. The van der Waals surface area contributed by atoms with Crippen LogP contribution in [0.2, 0.25) is 0 Å². The van der Waals surface area contributed by atoms with Crippen molar-refractivity contribution in [1.29, 1.82) is 0 Å². The lowest BCUT2D eigenvalue weighted by Crippen LogP contribution is -2.08. The molecule has 0 aliphatic rings. The van der Waals surface area contributed by atoms with Crippen LogP contribution >= 0.6 is 0 Å². The van der Waals surface area contributed by atoms with E-state index in [1.54, 1.807) is 13.0 Å². The van der Waals surface area contributed by atoms with E-state index in [4.69, 9.17) is 4.74 Å². The summed E-state index contributed by atoms with van der Waals surface area (Å²) in [5, 5.41) is 0. The number of halogens is 1. The summed E-state index contributed by atoms with van der Waals surface area (Å²) in [5.41, 5.74) is 0.223. The lowest BCUT2D eigenvalue weighted by atomic mass is 10.1. The van der Waals surface area contributed by atoms with Crippen molar-refractivity contribution < 1.29 is 18.7 Å². The van der Waals surface area contributed by atoms with Crippen LogP contribution < -0.4 is 4.74 Å². The van der Waals surface area contributed by atoms with E-state index in [0.717, 1.165) is 0 Å². The Kier molecular flexibility index (Phi) is 3.06. The van der Waals surface area contributed by atoms with Gasteiger partial charge in [0.15, 0.2) is 0 Å². The number of rotatable bonds is 2. The molecule has 0 amide bonds. The SMILES string of the molecule is COC(=O)c1c(OC)ccc(C)c1F. The number of hydrogen-bond donors (Lipinski definition) is 0. The van der Waals surface area contributed by atoms with Crippen LogP contribution in [0.25, 0.3) is 0 Å². The molecule has 4 heteroatoms.